The summed E-state index contributed by atoms with van der Waals surface area (Å²) >= 11 is 3.19. The quantitative estimate of drug-likeness (QED) is 0.720. The number of ether oxygens (including phenoxy) is 1. The molecule has 1 aromatic heterocycles. The maximum atomic E-state index is 12.9. The second kappa shape index (κ2) is 8.93. The van der Waals surface area contributed by atoms with Gasteiger partial charge < -0.3 is 15.0 Å². The fourth-order valence-corrected chi connectivity index (χ4v) is 4.68. The Morgan fingerprint density at radius 3 is 2.92 bits per heavy atom. The number of halogens is 1. The van der Waals surface area contributed by atoms with Crippen LogP contribution in [0.25, 0.3) is 0 Å². The topological polar surface area (TPSA) is 51.5 Å². The molecule has 25 heavy (non-hydrogen) atoms. The first-order valence-corrected chi connectivity index (χ1v) is 10.3. The molecule has 0 bridgehead atoms. The number of nitrogens with zero attached hydrogens (tertiary/aromatic N) is 2. The van der Waals surface area contributed by atoms with E-state index in [1.165, 1.54) is 30.0 Å². The molecule has 1 aliphatic rings. The Morgan fingerprint density at radius 2 is 2.16 bits per heavy atom. The van der Waals surface area contributed by atoms with Crippen molar-refractivity contribution < 1.29 is 14.0 Å². The fourth-order valence-electron chi connectivity index (χ4n) is 2.86. The highest BCUT2D eigenvalue weighted by molar-refractivity contribution is 8.01. The molecule has 2 aromatic rings. The summed E-state index contributed by atoms with van der Waals surface area (Å²) in [6.45, 7) is 8.73. The SMILES string of the molecule is CC(C)C[NH+]1CCO[C@H](CSc2nnc(Nc3ccc(F)cc3)s2)C1. The zero-order chi connectivity index (χ0) is 17.6. The van der Waals surface area contributed by atoms with Gasteiger partial charge in [-0.05, 0) is 24.3 Å². The van der Waals surface area contributed by atoms with Crippen LogP contribution in [0, 0.1) is 11.7 Å². The number of hydrogen-bond donors (Lipinski definition) is 2. The van der Waals surface area contributed by atoms with E-state index in [1.54, 1.807) is 28.8 Å². The van der Waals surface area contributed by atoms with E-state index in [1.807, 2.05) is 0 Å². The summed E-state index contributed by atoms with van der Waals surface area (Å²) in [4.78, 5) is 1.63. The molecule has 1 aliphatic heterocycles. The predicted octanol–water partition coefficient (Wildman–Crippen LogP) is 2.45. The van der Waals surface area contributed by atoms with Crippen LogP contribution in [0.15, 0.2) is 28.6 Å². The molecule has 1 saturated heterocycles. The number of thioether (sulfide) groups is 1. The number of anilines is 2. The van der Waals surface area contributed by atoms with Crippen molar-refractivity contribution in [3.8, 4) is 0 Å². The van der Waals surface area contributed by atoms with Crippen LogP contribution in [-0.4, -0.2) is 48.3 Å². The van der Waals surface area contributed by atoms with Gasteiger partial charge in [-0.3, -0.25) is 0 Å². The van der Waals surface area contributed by atoms with E-state index in [0.717, 1.165) is 35.5 Å². The van der Waals surface area contributed by atoms with Crippen LogP contribution in [0.1, 0.15) is 13.8 Å². The number of benzene rings is 1. The lowest BCUT2D eigenvalue weighted by Crippen LogP contribution is -3.15. The van der Waals surface area contributed by atoms with Gasteiger partial charge in [0.15, 0.2) is 4.34 Å². The Bertz CT molecular complexity index is 665. The fraction of sp³-hybridized carbons (Fsp3) is 0.529. The summed E-state index contributed by atoms with van der Waals surface area (Å²) in [5.74, 6) is 1.36. The first-order valence-electron chi connectivity index (χ1n) is 8.52. The number of morpholine rings is 1. The van der Waals surface area contributed by atoms with Crippen molar-refractivity contribution in [3.05, 3.63) is 30.1 Å². The molecule has 0 saturated carbocycles. The van der Waals surface area contributed by atoms with E-state index in [4.69, 9.17) is 4.74 Å². The smallest absolute Gasteiger partial charge is 0.210 e. The van der Waals surface area contributed by atoms with Crippen molar-refractivity contribution in [1.82, 2.24) is 10.2 Å². The maximum Gasteiger partial charge on any atom is 0.210 e. The lowest BCUT2D eigenvalue weighted by Gasteiger charge is -2.30. The normalized spacial score (nSPS) is 20.8. The van der Waals surface area contributed by atoms with E-state index in [9.17, 15) is 4.39 Å². The van der Waals surface area contributed by atoms with E-state index >= 15 is 0 Å². The van der Waals surface area contributed by atoms with Gasteiger partial charge in [0, 0.05) is 17.4 Å². The molecule has 0 radical (unpaired) electrons. The van der Waals surface area contributed by atoms with Crippen molar-refractivity contribution in [2.45, 2.75) is 24.3 Å². The lowest BCUT2D eigenvalue weighted by molar-refractivity contribution is -0.914. The first kappa shape index (κ1) is 18.6. The first-order chi connectivity index (χ1) is 12.1. The molecule has 3 rings (SSSR count). The molecule has 1 fully saturated rings. The van der Waals surface area contributed by atoms with E-state index in [0.29, 0.717) is 11.0 Å². The van der Waals surface area contributed by atoms with Gasteiger partial charge in [-0.25, -0.2) is 4.39 Å². The van der Waals surface area contributed by atoms with Crippen LogP contribution in [0.2, 0.25) is 0 Å². The monoisotopic (exact) mass is 383 g/mol. The molecule has 8 heteroatoms. The van der Waals surface area contributed by atoms with Gasteiger partial charge in [-0.15, -0.1) is 10.2 Å². The molecule has 1 unspecified atom stereocenters. The Hall–Kier alpha value is -1.22. The van der Waals surface area contributed by atoms with Crippen LogP contribution < -0.4 is 10.2 Å². The minimum absolute atomic E-state index is 0.250. The van der Waals surface area contributed by atoms with Crippen LogP contribution in [0.5, 0.6) is 0 Å². The Balaban J connectivity index is 1.47. The summed E-state index contributed by atoms with van der Waals surface area (Å²) in [5.41, 5.74) is 0.803. The molecule has 2 atom stereocenters. The third-order valence-corrected chi connectivity index (χ3v) is 6.02. The molecule has 2 heterocycles. The van der Waals surface area contributed by atoms with Gasteiger partial charge >= 0.3 is 0 Å². The summed E-state index contributed by atoms with van der Waals surface area (Å²) in [5, 5.41) is 12.2. The van der Waals surface area contributed by atoms with Gasteiger partial charge in [0.1, 0.15) is 25.0 Å². The number of nitrogens with one attached hydrogen (secondary N) is 2. The van der Waals surface area contributed by atoms with Gasteiger partial charge in [-0.2, -0.15) is 0 Å². The minimum Gasteiger partial charge on any atom is -0.366 e. The summed E-state index contributed by atoms with van der Waals surface area (Å²) in [6, 6.07) is 6.21. The Labute approximate surface area is 156 Å². The second-order valence-corrected chi connectivity index (χ2v) is 8.86. The molecule has 136 valence electrons. The lowest BCUT2D eigenvalue weighted by atomic mass is 10.2. The van der Waals surface area contributed by atoms with Crippen LogP contribution >= 0.6 is 23.1 Å². The van der Waals surface area contributed by atoms with E-state index in [2.05, 4.69) is 29.4 Å². The van der Waals surface area contributed by atoms with Crippen molar-refractivity contribution in [3.63, 3.8) is 0 Å². The highest BCUT2D eigenvalue weighted by Crippen LogP contribution is 2.28. The molecule has 2 N–H and O–H groups in total. The van der Waals surface area contributed by atoms with Crippen molar-refractivity contribution in [1.29, 1.82) is 0 Å². The van der Waals surface area contributed by atoms with Gasteiger partial charge in [0.2, 0.25) is 5.13 Å². The molecule has 0 aliphatic carbocycles. The summed E-state index contributed by atoms with van der Waals surface area (Å²) in [7, 11) is 0. The predicted molar refractivity (Wildman–Crippen MR) is 100 cm³/mol. The van der Waals surface area contributed by atoms with Crippen molar-refractivity contribution >= 4 is 33.9 Å². The number of hydrogen-bond acceptors (Lipinski definition) is 6. The highest BCUT2D eigenvalue weighted by Gasteiger charge is 2.24. The number of aromatic nitrogens is 2. The highest BCUT2D eigenvalue weighted by atomic mass is 32.2. The van der Waals surface area contributed by atoms with Crippen molar-refractivity contribution in [2.75, 3.05) is 37.3 Å². The Kier molecular flexibility index (Phi) is 6.63. The summed E-state index contributed by atoms with van der Waals surface area (Å²) in [6.07, 6.45) is 0.268. The number of quaternary nitrogens is 1. The molecular weight excluding hydrogens is 359 g/mol. The minimum atomic E-state index is -0.250. The Morgan fingerprint density at radius 1 is 1.36 bits per heavy atom. The zero-order valence-corrected chi connectivity index (χ0v) is 16.1. The van der Waals surface area contributed by atoms with Gasteiger partial charge in [0.25, 0.3) is 0 Å². The van der Waals surface area contributed by atoms with Crippen LogP contribution in [-0.2, 0) is 4.74 Å². The van der Waals surface area contributed by atoms with Gasteiger partial charge in [0.05, 0.1) is 13.2 Å². The number of rotatable bonds is 7. The molecular formula is C17H24FN4OS2+. The molecule has 0 spiro atoms. The van der Waals surface area contributed by atoms with E-state index in [-0.39, 0.29) is 11.9 Å². The average molecular weight is 384 g/mol. The second-order valence-electron chi connectivity index (χ2n) is 6.61. The maximum absolute atomic E-state index is 12.9. The van der Waals surface area contributed by atoms with E-state index < -0.39 is 0 Å². The van der Waals surface area contributed by atoms with Crippen LogP contribution in [0.4, 0.5) is 15.2 Å². The molecule has 0 amide bonds. The standard InChI is InChI=1S/C17H23FN4OS2/c1-12(2)9-22-7-8-23-15(10-22)11-24-17-21-20-16(25-17)19-14-5-3-13(18)4-6-14/h3-6,12,15H,7-11H2,1-2H3,(H,19,20)/p+1/t15-/m0/s1. The average Bonchev–Trinajstić information content (AvgIpc) is 3.02. The third kappa shape index (κ3) is 5.91. The largest absolute Gasteiger partial charge is 0.366 e. The van der Waals surface area contributed by atoms with Crippen molar-refractivity contribution in [2.24, 2.45) is 5.92 Å². The van der Waals surface area contributed by atoms with Gasteiger partial charge in [-0.1, -0.05) is 36.9 Å². The third-order valence-electron chi connectivity index (χ3n) is 3.92. The van der Waals surface area contributed by atoms with Crippen LogP contribution in [0.3, 0.4) is 0 Å². The zero-order valence-electron chi connectivity index (χ0n) is 14.5. The summed E-state index contributed by atoms with van der Waals surface area (Å²) < 4.78 is 19.7. The molecule has 1 aromatic carbocycles. The molecule has 5 nitrogen and oxygen atoms in total.